The molecule has 1 fully saturated rings. The number of aromatic carboxylic acids is 1. The van der Waals surface area contributed by atoms with Crippen LogP contribution in [0.3, 0.4) is 0 Å². The van der Waals surface area contributed by atoms with Gasteiger partial charge < -0.3 is 15.2 Å². The highest BCUT2D eigenvalue weighted by Gasteiger charge is 2.40. The van der Waals surface area contributed by atoms with Crippen LogP contribution < -0.4 is 10.2 Å². The zero-order chi connectivity index (χ0) is 25.3. The van der Waals surface area contributed by atoms with Gasteiger partial charge in [0.1, 0.15) is 0 Å². The summed E-state index contributed by atoms with van der Waals surface area (Å²) in [6.45, 7) is 7.03. The Morgan fingerprint density at radius 3 is 2.49 bits per heavy atom. The highest BCUT2D eigenvalue weighted by atomic mass is 35.5. The van der Waals surface area contributed by atoms with Crippen LogP contribution in [0.2, 0.25) is 5.02 Å². The van der Waals surface area contributed by atoms with Crippen molar-refractivity contribution in [1.82, 2.24) is 5.32 Å². The molecule has 0 aromatic heterocycles. The molecule has 7 heteroatoms. The number of amides is 2. The van der Waals surface area contributed by atoms with Gasteiger partial charge in [-0.15, -0.1) is 0 Å². The third kappa shape index (κ3) is 4.95. The maximum Gasteiger partial charge on any atom is 0.335 e. The smallest absolute Gasteiger partial charge is 0.335 e. The molecule has 0 spiro atoms. The highest BCUT2D eigenvalue weighted by molar-refractivity contribution is 6.31. The van der Waals surface area contributed by atoms with Crippen molar-refractivity contribution in [2.75, 3.05) is 18.6 Å². The average molecular weight is 497 g/mol. The summed E-state index contributed by atoms with van der Waals surface area (Å²) >= 11 is 6.78. The molecule has 0 unspecified atom stereocenters. The molecule has 1 aliphatic heterocycles. The number of methoxy groups -OCH3 is 1. The molecule has 0 saturated heterocycles. The number of nitrogens with zero attached hydrogens (tertiary/aromatic N) is 1. The summed E-state index contributed by atoms with van der Waals surface area (Å²) in [7, 11) is 1.65. The zero-order valence-electron chi connectivity index (χ0n) is 20.7. The largest absolute Gasteiger partial charge is 0.478 e. The number of carboxylic acids is 1. The van der Waals surface area contributed by atoms with Crippen molar-refractivity contribution >= 4 is 29.3 Å². The molecule has 6 nitrogen and oxygen atoms in total. The number of carbonyl (C=O) groups excluding carboxylic acids is 1. The Hall–Kier alpha value is -2.83. The summed E-state index contributed by atoms with van der Waals surface area (Å²) in [6, 6.07) is 12.1. The van der Waals surface area contributed by atoms with Gasteiger partial charge in [0.25, 0.3) is 0 Å². The van der Waals surface area contributed by atoms with Gasteiger partial charge in [0.05, 0.1) is 23.4 Å². The maximum absolute atomic E-state index is 13.2. The van der Waals surface area contributed by atoms with E-state index in [1.807, 2.05) is 19.2 Å². The van der Waals surface area contributed by atoms with E-state index in [0.29, 0.717) is 30.6 Å². The van der Waals surface area contributed by atoms with Crippen molar-refractivity contribution in [2.45, 2.75) is 51.5 Å². The van der Waals surface area contributed by atoms with Gasteiger partial charge in [-0.1, -0.05) is 37.6 Å². The minimum absolute atomic E-state index is 0.167. The number of urea groups is 1. The second-order valence-electron chi connectivity index (χ2n) is 10.1. The molecule has 1 atom stereocenters. The van der Waals surface area contributed by atoms with Crippen molar-refractivity contribution in [3.63, 3.8) is 0 Å². The number of hydrogen-bond donors (Lipinski definition) is 2. The molecule has 2 aromatic rings. The minimum Gasteiger partial charge on any atom is -0.478 e. The third-order valence-corrected chi connectivity index (χ3v) is 7.93. The molecule has 2 amide bonds. The molecule has 35 heavy (non-hydrogen) atoms. The van der Waals surface area contributed by atoms with Crippen LogP contribution in [-0.2, 0) is 10.3 Å². The summed E-state index contributed by atoms with van der Waals surface area (Å²) in [5.41, 5.74) is 3.06. The molecule has 2 aromatic carbocycles. The van der Waals surface area contributed by atoms with Crippen LogP contribution in [-0.4, -0.2) is 30.8 Å². The van der Waals surface area contributed by atoms with E-state index in [1.54, 1.807) is 19.2 Å². The predicted molar refractivity (Wildman–Crippen MR) is 138 cm³/mol. The summed E-state index contributed by atoms with van der Waals surface area (Å²) in [5, 5.41) is 13.1. The second kappa shape index (κ2) is 10.0. The van der Waals surface area contributed by atoms with E-state index in [1.165, 1.54) is 35.4 Å². The SMILES string of the molecule is COCCC1=CN(c2ccc(C(=O)O)cc2)C(=O)N[C@@]1(C)c1ccc([C@H]2C[C@@H](C(C)C)C2)c(Cl)c1. The van der Waals surface area contributed by atoms with Crippen LogP contribution in [0.15, 0.2) is 54.2 Å². The van der Waals surface area contributed by atoms with Crippen molar-refractivity contribution < 1.29 is 19.4 Å². The molecule has 1 aliphatic carbocycles. The fraction of sp³-hybridized carbons (Fsp3) is 0.429. The molecular weight excluding hydrogens is 464 g/mol. The van der Waals surface area contributed by atoms with Gasteiger partial charge in [-0.25, -0.2) is 9.59 Å². The molecule has 1 saturated carbocycles. The topological polar surface area (TPSA) is 78.9 Å². The number of rotatable bonds is 8. The first-order chi connectivity index (χ1) is 16.6. The second-order valence-corrected chi connectivity index (χ2v) is 10.5. The molecule has 0 bridgehead atoms. The predicted octanol–water partition coefficient (Wildman–Crippen LogP) is 6.55. The number of ether oxygens (including phenoxy) is 1. The molecular formula is C28H33ClN2O4. The average Bonchev–Trinajstić information content (AvgIpc) is 2.78. The Bertz CT molecular complexity index is 1140. The van der Waals surface area contributed by atoms with Gasteiger partial charge in [0.15, 0.2) is 0 Å². The summed E-state index contributed by atoms with van der Waals surface area (Å²) < 4.78 is 5.35. The van der Waals surface area contributed by atoms with Crippen molar-refractivity contribution in [2.24, 2.45) is 11.8 Å². The van der Waals surface area contributed by atoms with Gasteiger partial charge in [0, 0.05) is 18.3 Å². The fourth-order valence-electron chi connectivity index (χ4n) is 5.07. The van der Waals surface area contributed by atoms with E-state index in [2.05, 4.69) is 31.3 Å². The monoisotopic (exact) mass is 496 g/mol. The lowest BCUT2D eigenvalue weighted by Crippen LogP contribution is -2.54. The first-order valence-electron chi connectivity index (χ1n) is 12.1. The van der Waals surface area contributed by atoms with E-state index >= 15 is 0 Å². The lowest BCUT2D eigenvalue weighted by molar-refractivity contribution is 0.0697. The zero-order valence-corrected chi connectivity index (χ0v) is 21.4. The Morgan fingerprint density at radius 1 is 1.23 bits per heavy atom. The van der Waals surface area contributed by atoms with E-state index in [4.69, 9.17) is 16.3 Å². The third-order valence-electron chi connectivity index (χ3n) is 7.61. The Kier molecular flexibility index (Phi) is 7.25. The molecule has 2 aliphatic rings. The van der Waals surface area contributed by atoms with Crippen LogP contribution in [0.5, 0.6) is 0 Å². The lowest BCUT2D eigenvalue weighted by Gasteiger charge is -2.42. The van der Waals surface area contributed by atoms with E-state index in [9.17, 15) is 14.7 Å². The number of carbonyl (C=O) groups is 2. The standard InChI is InChI=1S/C28H33ClN2O4/c1-17(2)19-13-20(14-19)24-10-7-21(15-25(24)29)28(3)22(11-12-35-4)16-31(27(34)30-28)23-8-5-18(6-9-23)26(32)33/h5-10,15-17,19-20H,11-14H2,1-4H3,(H,30,34)(H,32,33)/t19-,20+,28-/m0/s1. The van der Waals surface area contributed by atoms with Crippen LogP contribution in [0, 0.1) is 11.8 Å². The number of halogens is 1. The van der Waals surface area contributed by atoms with Gasteiger partial charge in [-0.3, -0.25) is 4.90 Å². The molecule has 0 radical (unpaired) electrons. The van der Waals surface area contributed by atoms with E-state index in [-0.39, 0.29) is 11.6 Å². The Labute approximate surface area is 211 Å². The highest BCUT2D eigenvalue weighted by Crippen LogP contribution is 2.48. The van der Waals surface area contributed by atoms with E-state index < -0.39 is 11.5 Å². The molecule has 2 N–H and O–H groups in total. The molecule has 1 heterocycles. The normalized spacial score (nSPS) is 24.1. The van der Waals surface area contributed by atoms with Crippen molar-refractivity contribution in [3.8, 4) is 0 Å². The molecule has 4 rings (SSSR count). The van der Waals surface area contributed by atoms with Crippen LogP contribution in [0.1, 0.15) is 67.4 Å². The van der Waals surface area contributed by atoms with Crippen LogP contribution >= 0.6 is 11.6 Å². The number of carboxylic acid groups (broad SMARTS) is 1. The number of benzene rings is 2. The summed E-state index contributed by atoms with van der Waals surface area (Å²) in [6.07, 6.45) is 4.77. The van der Waals surface area contributed by atoms with E-state index in [0.717, 1.165) is 22.1 Å². The number of anilines is 1. The maximum atomic E-state index is 13.2. The van der Waals surface area contributed by atoms with Crippen LogP contribution in [0.25, 0.3) is 0 Å². The molecule has 186 valence electrons. The minimum atomic E-state index is -1.01. The fourth-order valence-corrected chi connectivity index (χ4v) is 5.40. The summed E-state index contributed by atoms with van der Waals surface area (Å²) in [4.78, 5) is 25.9. The Morgan fingerprint density at radius 2 is 1.91 bits per heavy atom. The van der Waals surface area contributed by atoms with Crippen LogP contribution in [0.4, 0.5) is 10.5 Å². The first-order valence-corrected chi connectivity index (χ1v) is 12.5. The number of nitrogens with one attached hydrogen (secondary N) is 1. The van der Waals surface area contributed by atoms with Crippen molar-refractivity contribution in [3.05, 3.63) is 76.0 Å². The van der Waals surface area contributed by atoms with Gasteiger partial charge >= 0.3 is 12.0 Å². The quantitative estimate of drug-likeness (QED) is 0.434. The van der Waals surface area contributed by atoms with Gasteiger partial charge in [-0.05, 0) is 91.0 Å². The lowest BCUT2D eigenvalue weighted by atomic mass is 9.67. The Balaban J connectivity index is 1.64. The van der Waals surface area contributed by atoms with Gasteiger partial charge in [-0.2, -0.15) is 0 Å². The summed E-state index contributed by atoms with van der Waals surface area (Å²) in [5.74, 6) is 0.929. The first kappa shape index (κ1) is 25.3. The number of hydrogen-bond acceptors (Lipinski definition) is 3. The van der Waals surface area contributed by atoms with Crippen molar-refractivity contribution in [1.29, 1.82) is 0 Å². The van der Waals surface area contributed by atoms with Gasteiger partial charge in [0.2, 0.25) is 0 Å².